The molecule has 23 heavy (non-hydrogen) atoms. The number of carbonyl (C=O) groups is 2. The van der Waals surface area contributed by atoms with E-state index >= 15 is 0 Å². The Labute approximate surface area is 135 Å². The molecule has 0 fully saturated rings. The minimum atomic E-state index is -0.410. The molecule has 0 saturated heterocycles. The number of allylic oxidation sites excluding steroid dienone is 2. The molecule has 1 aliphatic rings. The van der Waals surface area contributed by atoms with E-state index in [9.17, 15) is 9.59 Å². The van der Waals surface area contributed by atoms with E-state index in [1.54, 1.807) is 13.8 Å². The van der Waals surface area contributed by atoms with Crippen molar-refractivity contribution in [1.29, 1.82) is 0 Å². The summed E-state index contributed by atoms with van der Waals surface area (Å²) >= 11 is 0. The van der Waals surface area contributed by atoms with Crippen LogP contribution in [0.25, 0.3) is 0 Å². The van der Waals surface area contributed by atoms with E-state index in [0.29, 0.717) is 29.1 Å². The summed E-state index contributed by atoms with van der Waals surface area (Å²) in [5, 5.41) is 0. The maximum absolute atomic E-state index is 12.9. The zero-order valence-corrected chi connectivity index (χ0v) is 14.2. The lowest BCUT2D eigenvalue weighted by Gasteiger charge is -2.25. The van der Waals surface area contributed by atoms with Gasteiger partial charge in [0.2, 0.25) is 5.78 Å². The number of rotatable bonds is 5. The number of carbonyl (C=O) groups excluding carboxylic acids is 2. The Morgan fingerprint density at radius 3 is 1.70 bits per heavy atom. The molecular formula is C17H20O6. The van der Waals surface area contributed by atoms with Gasteiger partial charge >= 0.3 is 0 Å². The van der Waals surface area contributed by atoms with Gasteiger partial charge in [-0.2, -0.15) is 0 Å². The van der Waals surface area contributed by atoms with Crippen LogP contribution in [0.4, 0.5) is 0 Å². The fourth-order valence-corrected chi connectivity index (χ4v) is 2.97. The molecule has 0 saturated carbocycles. The molecule has 1 aromatic carbocycles. The number of methoxy groups -OCH3 is 4. The van der Waals surface area contributed by atoms with Crippen molar-refractivity contribution >= 4 is 11.6 Å². The van der Waals surface area contributed by atoms with Crippen molar-refractivity contribution in [2.45, 2.75) is 20.3 Å². The first-order valence-electron chi connectivity index (χ1n) is 7.17. The number of benzene rings is 1. The van der Waals surface area contributed by atoms with Crippen LogP contribution < -0.4 is 14.2 Å². The molecule has 0 spiro atoms. The van der Waals surface area contributed by atoms with Crippen molar-refractivity contribution in [3.8, 4) is 17.2 Å². The summed E-state index contributed by atoms with van der Waals surface area (Å²) in [6.07, 6.45) is 0.379. The first-order chi connectivity index (χ1) is 11.0. The number of Topliss-reactive ketones (excluding diaryl/α,β-unsaturated/α-hetero) is 2. The second-order valence-corrected chi connectivity index (χ2v) is 5.00. The van der Waals surface area contributed by atoms with Gasteiger partial charge in [0.25, 0.3) is 0 Å². The molecule has 6 heteroatoms. The third-order valence-corrected chi connectivity index (χ3v) is 3.97. The number of hydrogen-bond acceptors (Lipinski definition) is 6. The summed E-state index contributed by atoms with van der Waals surface area (Å²) in [5.41, 5.74) is 1.24. The van der Waals surface area contributed by atoms with Gasteiger partial charge in [0.1, 0.15) is 5.75 Å². The zero-order chi connectivity index (χ0) is 17.3. The molecule has 0 aliphatic heterocycles. The van der Waals surface area contributed by atoms with Crippen molar-refractivity contribution in [2.24, 2.45) is 0 Å². The smallest absolute Gasteiger partial charge is 0.232 e. The third kappa shape index (κ3) is 2.25. The highest BCUT2D eigenvalue weighted by molar-refractivity contribution is 6.28. The Morgan fingerprint density at radius 2 is 1.26 bits per heavy atom. The molecule has 1 aromatic rings. The predicted molar refractivity (Wildman–Crippen MR) is 83.8 cm³/mol. The largest absolute Gasteiger partial charge is 0.496 e. The molecule has 0 bridgehead atoms. The second-order valence-electron chi connectivity index (χ2n) is 5.00. The summed E-state index contributed by atoms with van der Waals surface area (Å²) in [4.78, 5) is 25.8. The van der Waals surface area contributed by atoms with Crippen LogP contribution in [0.5, 0.6) is 17.2 Å². The van der Waals surface area contributed by atoms with Crippen molar-refractivity contribution in [2.75, 3.05) is 28.4 Å². The fraction of sp³-hybridized carbons (Fsp3) is 0.412. The summed E-state index contributed by atoms with van der Waals surface area (Å²) in [6.45, 7) is 3.55. The minimum Gasteiger partial charge on any atom is -0.496 e. The highest BCUT2D eigenvalue weighted by Crippen LogP contribution is 2.47. The van der Waals surface area contributed by atoms with Crippen LogP contribution in [0, 0.1) is 6.92 Å². The molecule has 6 nitrogen and oxygen atoms in total. The van der Waals surface area contributed by atoms with E-state index in [1.807, 2.05) is 0 Å². The molecule has 0 amide bonds. The average molecular weight is 320 g/mol. The Bertz CT molecular complexity index is 715. The monoisotopic (exact) mass is 320 g/mol. The maximum atomic E-state index is 12.9. The number of ketones is 2. The van der Waals surface area contributed by atoms with Crippen LogP contribution in [0.3, 0.4) is 0 Å². The molecule has 124 valence electrons. The molecule has 0 aromatic heterocycles. The van der Waals surface area contributed by atoms with Crippen LogP contribution in [-0.2, 0) is 4.74 Å². The lowest BCUT2D eigenvalue weighted by atomic mass is 9.84. The summed E-state index contributed by atoms with van der Waals surface area (Å²) < 4.78 is 21.3. The van der Waals surface area contributed by atoms with Crippen molar-refractivity contribution in [1.82, 2.24) is 0 Å². The molecule has 0 radical (unpaired) electrons. The van der Waals surface area contributed by atoms with E-state index in [4.69, 9.17) is 18.9 Å². The topological polar surface area (TPSA) is 71.1 Å². The standard InChI is InChI=1S/C17H20O6/c1-7-9-12(18)10-11(13(19)16(9)22-5)17(23-6)15(21-4)8(2)14(10)20-3/h7H2,1-6H3. The van der Waals surface area contributed by atoms with Crippen LogP contribution in [0.2, 0.25) is 0 Å². The highest BCUT2D eigenvalue weighted by Gasteiger charge is 2.40. The van der Waals surface area contributed by atoms with Gasteiger partial charge in [-0.05, 0) is 13.3 Å². The Morgan fingerprint density at radius 1 is 0.739 bits per heavy atom. The predicted octanol–water partition coefficient (Wildman–Crippen LogP) is 2.71. The van der Waals surface area contributed by atoms with Gasteiger partial charge in [-0.3, -0.25) is 9.59 Å². The summed E-state index contributed by atoms with van der Waals surface area (Å²) in [5.74, 6) is 0.226. The Kier molecular flexibility index (Phi) is 4.63. The fourth-order valence-electron chi connectivity index (χ4n) is 2.97. The van der Waals surface area contributed by atoms with Gasteiger partial charge in [0.15, 0.2) is 23.0 Å². The molecule has 2 rings (SSSR count). The summed E-state index contributed by atoms with van der Waals surface area (Å²) in [7, 11) is 5.72. The molecule has 0 atom stereocenters. The maximum Gasteiger partial charge on any atom is 0.232 e. The number of hydrogen-bond donors (Lipinski definition) is 0. The molecule has 0 heterocycles. The Balaban J connectivity index is 2.97. The van der Waals surface area contributed by atoms with Crippen LogP contribution >= 0.6 is 0 Å². The normalized spacial score (nSPS) is 13.8. The SMILES string of the molecule is CCC1=C(OC)C(=O)c2c(OC)c(OC)c(C)c(OC)c2C1=O. The first kappa shape index (κ1) is 16.9. The van der Waals surface area contributed by atoms with Crippen molar-refractivity contribution < 1.29 is 28.5 Å². The van der Waals surface area contributed by atoms with Crippen molar-refractivity contribution in [3.63, 3.8) is 0 Å². The summed E-state index contributed by atoms with van der Waals surface area (Å²) in [6, 6.07) is 0. The van der Waals surface area contributed by atoms with Crippen molar-refractivity contribution in [3.05, 3.63) is 28.0 Å². The Hall–Kier alpha value is -2.50. The van der Waals surface area contributed by atoms with Gasteiger partial charge in [0.05, 0.1) is 39.6 Å². The highest BCUT2D eigenvalue weighted by atomic mass is 16.5. The van der Waals surface area contributed by atoms with Gasteiger partial charge in [-0.25, -0.2) is 0 Å². The quantitative estimate of drug-likeness (QED) is 0.831. The number of fused-ring (bicyclic) bond motifs is 1. The van der Waals surface area contributed by atoms with E-state index < -0.39 is 5.78 Å². The van der Waals surface area contributed by atoms with E-state index in [0.717, 1.165) is 0 Å². The van der Waals surface area contributed by atoms with Crippen LogP contribution in [-0.4, -0.2) is 40.0 Å². The third-order valence-electron chi connectivity index (χ3n) is 3.97. The minimum absolute atomic E-state index is 0.0382. The van der Waals surface area contributed by atoms with Crippen LogP contribution in [0.15, 0.2) is 11.3 Å². The first-order valence-corrected chi connectivity index (χ1v) is 7.17. The van der Waals surface area contributed by atoms with Crippen LogP contribution in [0.1, 0.15) is 39.6 Å². The number of ether oxygens (including phenoxy) is 4. The lowest BCUT2D eigenvalue weighted by molar-refractivity contribution is 0.0897. The second kappa shape index (κ2) is 6.32. The zero-order valence-electron chi connectivity index (χ0n) is 14.2. The van der Waals surface area contributed by atoms with E-state index in [-0.39, 0.29) is 28.4 Å². The van der Waals surface area contributed by atoms with Gasteiger partial charge in [-0.15, -0.1) is 0 Å². The molecule has 0 unspecified atom stereocenters. The van der Waals surface area contributed by atoms with Gasteiger partial charge < -0.3 is 18.9 Å². The molecular weight excluding hydrogens is 300 g/mol. The van der Waals surface area contributed by atoms with E-state index in [1.165, 1.54) is 28.4 Å². The lowest BCUT2D eigenvalue weighted by Crippen LogP contribution is -2.25. The molecule has 0 N–H and O–H groups in total. The molecule has 1 aliphatic carbocycles. The van der Waals surface area contributed by atoms with Gasteiger partial charge in [-0.1, -0.05) is 6.92 Å². The average Bonchev–Trinajstić information content (AvgIpc) is 2.56. The van der Waals surface area contributed by atoms with Gasteiger partial charge in [0, 0.05) is 11.1 Å². The van der Waals surface area contributed by atoms with E-state index in [2.05, 4.69) is 0 Å².